The molecule has 6 heteroatoms. The molecule has 1 atom stereocenters. The predicted molar refractivity (Wildman–Crippen MR) is 60.6 cm³/mol. The van der Waals surface area contributed by atoms with E-state index in [1.165, 1.54) is 11.3 Å². The SMILES string of the molecule is O=C1CCC(O)(c2ncc(Br)s2)CCN1. The van der Waals surface area contributed by atoms with Crippen molar-refractivity contribution >= 4 is 33.2 Å². The fraction of sp³-hybridized carbons (Fsp3) is 0.556. The highest BCUT2D eigenvalue weighted by Gasteiger charge is 2.34. The molecule has 2 rings (SSSR count). The number of carbonyl (C=O) groups is 1. The third kappa shape index (κ3) is 2.38. The standard InChI is InChI=1S/C9H11BrN2O2S/c10-6-5-12-8(15-6)9(14)2-1-7(13)11-4-3-9/h5,14H,1-4H2,(H,11,13). The summed E-state index contributed by atoms with van der Waals surface area (Å²) >= 11 is 4.74. The number of rotatable bonds is 1. The number of aliphatic hydroxyl groups is 1. The van der Waals surface area contributed by atoms with E-state index in [2.05, 4.69) is 26.2 Å². The van der Waals surface area contributed by atoms with Gasteiger partial charge in [0, 0.05) is 19.4 Å². The summed E-state index contributed by atoms with van der Waals surface area (Å²) in [6, 6.07) is 0. The average Bonchev–Trinajstić information content (AvgIpc) is 2.55. The topological polar surface area (TPSA) is 62.2 Å². The van der Waals surface area contributed by atoms with Crippen LogP contribution < -0.4 is 5.32 Å². The highest BCUT2D eigenvalue weighted by molar-refractivity contribution is 9.11. The molecule has 1 unspecified atom stereocenters. The predicted octanol–water partition coefficient (Wildman–Crippen LogP) is 1.39. The minimum Gasteiger partial charge on any atom is -0.383 e. The number of amides is 1. The van der Waals surface area contributed by atoms with Gasteiger partial charge in [0.25, 0.3) is 0 Å². The van der Waals surface area contributed by atoms with Gasteiger partial charge in [-0.15, -0.1) is 11.3 Å². The van der Waals surface area contributed by atoms with E-state index in [4.69, 9.17) is 0 Å². The molecule has 15 heavy (non-hydrogen) atoms. The van der Waals surface area contributed by atoms with Gasteiger partial charge in [-0.05, 0) is 22.4 Å². The summed E-state index contributed by atoms with van der Waals surface area (Å²) in [6.07, 6.45) is 3.00. The van der Waals surface area contributed by atoms with Crippen LogP contribution in [-0.2, 0) is 10.4 Å². The van der Waals surface area contributed by atoms with Crippen molar-refractivity contribution in [1.29, 1.82) is 0 Å². The number of aromatic nitrogens is 1. The van der Waals surface area contributed by atoms with Gasteiger partial charge in [-0.25, -0.2) is 4.98 Å². The second-order valence-electron chi connectivity index (χ2n) is 3.60. The fourth-order valence-corrected chi connectivity index (χ4v) is 2.98. The molecule has 0 saturated carbocycles. The molecule has 1 aliphatic heterocycles. The van der Waals surface area contributed by atoms with Gasteiger partial charge < -0.3 is 10.4 Å². The van der Waals surface area contributed by atoms with Crippen LogP contribution in [0, 0.1) is 0 Å². The van der Waals surface area contributed by atoms with Gasteiger partial charge in [-0.1, -0.05) is 0 Å². The molecule has 1 aromatic heterocycles. The summed E-state index contributed by atoms with van der Waals surface area (Å²) in [7, 11) is 0. The van der Waals surface area contributed by atoms with E-state index in [1.54, 1.807) is 6.20 Å². The van der Waals surface area contributed by atoms with Crippen molar-refractivity contribution in [3.05, 3.63) is 15.0 Å². The Morgan fingerprint density at radius 1 is 1.60 bits per heavy atom. The van der Waals surface area contributed by atoms with Crippen molar-refractivity contribution in [1.82, 2.24) is 10.3 Å². The normalized spacial score (nSPS) is 27.2. The zero-order chi connectivity index (χ0) is 10.9. The Kier molecular flexibility index (Phi) is 3.08. The summed E-state index contributed by atoms with van der Waals surface area (Å²) in [6.45, 7) is 0.506. The third-order valence-corrected chi connectivity index (χ3v) is 4.17. The lowest BCUT2D eigenvalue weighted by Crippen LogP contribution is -2.27. The van der Waals surface area contributed by atoms with E-state index >= 15 is 0 Å². The molecular formula is C9H11BrN2O2S. The Morgan fingerprint density at radius 2 is 2.40 bits per heavy atom. The molecule has 0 bridgehead atoms. The van der Waals surface area contributed by atoms with Gasteiger partial charge in [0.2, 0.25) is 5.91 Å². The molecule has 4 nitrogen and oxygen atoms in total. The van der Waals surface area contributed by atoms with E-state index < -0.39 is 5.60 Å². The largest absolute Gasteiger partial charge is 0.383 e. The number of hydrogen-bond donors (Lipinski definition) is 2. The van der Waals surface area contributed by atoms with Gasteiger partial charge >= 0.3 is 0 Å². The maximum absolute atomic E-state index is 11.2. The zero-order valence-corrected chi connectivity index (χ0v) is 10.4. The van der Waals surface area contributed by atoms with Crippen LogP contribution in [-0.4, -0.2) is 22.5 Å². The van der Waals surface area contributed by atoms with Gasteiger partial charge in [-0.3, -0.25) is 4.79 Å². The lowest BCUT2D eigenvalue weighted by molar-refractivity contribution is -0.121. The number of nitrogens with zero attached hydrogens (tertiary/aromatic N) is 1. The van der Waals surface area contributed by atoms with Crippen LogP contribution in [0.1, 0.15) is 24.3 Å². The van der Waals surface area contributed by atoms with Crippen molar-refractivity contribution in [3.8, 4) is 0 Å². The molecule has 2 N–H and O–H groups in total. The smallest absolute Gasteiger partial charge is 0.220 e. The zero-order valence-electron chi connectivity index (χ0n) is 7.99. The Bertz CT molecular complexity index is 382. The van der Waals surface area contributed by atoms with Crippen LogP contribution in [0.4, 0.5) is 0 Å². The summed E-state index contributed by atoms with van der Waals surface area (Å²) in [5.41, 5.74) is -0.949. The number of nitrogens with one attached hydrogen (secondary N) is 1. The Morgan fingerprint density at radius 3 is 3.07 bits per heavy atom. The van der Waals surface area contributed by atoms with Crippen molar-refractivity contribution in [2.24, 2.45) is 0 Å². The maximum Gasteiger partial charge on any atom is 0.220 e. The molecule has 2 heterocycles. The summed E-state index contributed by atoms with van der Waals surface area (Å²) in [5.74, 6) is 0.00143. The monoisotopic (exact) mass is 290 g/mol. The quantitative estimate of drug-likeness (QED) is 0.822. The molecule has 1 aromatic rings. The van der Waals surface area contributed by atoms with Crippen molar-refractivity contribution in [3.63, 3.8) is 0 Å². The highest BCUT2D eigenvalue weighted by atomic mass is 79.9. The average molecular weight is 291 g/mol. The molecule has 0 spiro atoms. The van der Waals surface area contributed by atoms with E-state index in [9.17, 15) is 9.90 Å². The van der Waals surface area contributed by atoms with Gasteiger partial charge in [0.05, 0.1) is 9.98 Å². The minimum absolute atomic E-state index is 0.00143. The van der Waals surface area contributed by atoms with E-state index in [0.29, 0.717) is 30.8 Å². The first-order chi connectivity index (χ1) is 7.10. The van der Waals surface area contributed by atoms with Crippen LogP contribution >= 0.6 is 27.3 Å². The Hall–Kier alpha value is -0.460. The molecule has 82 valence electrons. The summed E-state index contributed by atoms with van der Waals surface area (Å²) < 4.78 is 0.898. The van der Waals surface area contributed by atoms with Crippen LogP contribution in [0.25, 0.3) is 0 Å². The molecule has 1 aliphatic rings. The van der Waals surface area contributed by atoms with E-state index in [1.807, 2.05) is 0 Å². The molecule has 1 saturated heterocycles. The van der Waals surface area contributed by atoms with E-state index in [0.717, 1.165) is 3.79 Å². The molecular weight excluding hydrogens is 280 g/mol. The molecule has 1 amide bonds. The fourth-order valence-electron chi connectivity index (χ4n) is 1.63. The third-order valence-electron chi connectivity index (χ3n) is 2.50. The van der Waals surface area contributed by atoms with Crippen LogP contribution in [0.3, 0.4) is 0 Å². The number of hydrogen-bond acceptors (Lipinski definition) is 4. The molecule has 1 fully saturated rings. The number of halogens is 1. The van der Waals surface area contributed by atoms with Crippen molar-refractivity contribution in [2.45, 2.75) is 24.9 Å². The number of thiazole rings is 1. The van der Waals surface area contributed by atoms with Crippen molar-refractivity contribution < 1.29 is 9.90 Å². The lowest BCUT2D eigenvalue weighted by Gasteiger charge is -2.22. The maximum atomic E-state index is 11.2. The van der Waals surface area contributed by atoms with Gasteiger partial charge in [0.15, 0.2) is 0 Å². The first kappa shape index (κ1) is 11.0. The van der Waals surface area contributed by atoms with Gasteiger partial charge in [0.1, 0.15) is 10.6 Å². The van der Waals surface area contributed by atoms with Crippen molar-refractivity contribution in [2.75, 3.05) is 6.54 Å². The first-order valence-electron chi connectivity index (χ1n) is 4.71. The highest BCUT2D eigenvalue weighted by Crippen LogP contribution is 2.35. The minimum atomic E-state index is -0.949. The first-order valence-corrected chi connectivity index (χ1v) is 6.32. The van der Waals surface area contributed by atoms with E-state index in [-0.39, 0.29) is 5.91 Å². The summed E-state index contributed by atoms with van der Waals surface area (Å²) in [5, 5.41) is 13.8. The van der Waals surface area contributed by atoms with Crippen LogP contribution in [0.15, 0.2) is 9.98 Å². The molecule has 0 radical (unpaired) electrons. The van der Waals surface area contributed by atoms with Gasteiger partial charge in [-0.2, -0.15) is 0 Å². The summed E-state index contributed by atoms with van der Waals surface area (Å²) in [4.78, 5) is 15.3. The Labute approximate surface area is 99.8 Å². The molecule has 0 aromatic carbocycles. The molecule has 0 aliphatic carbocycles. The van der Waals surface area contributed by atoms with Crippen LogP contribution in [0.5, 0.6) is 0 Å². The van der Waals surface area contributed by atoms with Crippen LogP contribution in [0.2, 0.25) is 0 Å². The second kappa shape index (κ2) is 4.19. The second-order valence-corrected chi connectivity index (χ2v) is 6.01. The Balaban J connectivity index is 2.21. The lowest BCUT2D eigenvalue weighted by atomic mass is 9.96. The number of carbonyl (C=O) groups excluding carboxylic acids is 1.